The minimum atomic E-state index is -4.65. The summed E-state index contributed by atoms with van der Waals surface area (Å²) < 4.78 is 39.6. The molecule has 4 atom stereocenters. The van der Waals surface area contributed by atoms with Crippen LogP contribution in [0.3, 0.4) is 0 Å². The second-order valence-corrected chi connectivity index (χ2v) is 17.9. The van der Waals surface area contributed by atoms with Gasteiger partial charge in [-0.05, 0) is 77.0 Å². The summed E-state index contributed by atoms with van der Waals surface area (Å²) in [6.07, 6.45) is 41.6. The van der Waals surface area contributed by atoms with Gasteiger partial charge < -0.3 is 32.6 Å². The van der Waals surface area contributed by atoms with Crippen molar-refractivity contribution in [2.24, 2.45) is 0 Å². The smallest absolute Gasteiger partial charge is 0.306 e. The van der Waals surface area contributed by atoms with Crippen LogP contribution in [-0.2, 0) is 37.4 Å². The van der Waals surface area contributed by atoms with E-state index in [9.17, 15) is 19.0 Å². The van der Waals surface area contributed by atoms with Crippen LogP contribution in [-0.4, -0.2) is 82.2 Å². The number of unbranched alkanes of at least 4 members (excludes halogenated alkanes) is 15. The second kappa shape index (κ2) is 34.8. The lowest BCUT2D eigenvalue weighted by molar-refractivity contribution is -0.870. The van der Waals surface area contributed by atoms with E-state index in [1.165, 1.54) is 70.6 Å². The van der Waals surface area contributed by atoms with Crippen molar-refractivity contribution in [1.29, 1.82) is 0 Å². The molecule has 1 fully saturated rings. The van der Waals surface area contributed by atoms with Gasteiger partial charge in [0.05, 0.1) is 40.0 Å². The Kier molecular flexibility index (Phi) is 32.3. The molecule has 0 bridgehead atoms. The quantitative estimate of drug-likeness (QED) is 0.0149. The van der Waals surface area contributed by atoms with Gasteiger partial charge in [0.15, 0.2) is 6.10 Å². The van der Waals surface area contributed by atoms with Gasteiger partial charge in [-0.3, -0.25) is 14.2 Å². The fourth-order valence-corrected chi connectivity index (χ4v) is 6.76. The van der Waals surface area contributed by atoms with Gasteiger partial charge in [0, 0.05) is 12.8 Å². The first-order chi connectivity index (χ1) is 27.5. The number of likely N-dealkylation sites (N-methyl/N-ethyl adjacent to an activating group) is 1. The lowest BCUT2D eigenvalue weighted by Gasteiger charge is -2.28. The Hall–Kier alpha value is -2.07. The molecule has 1 heterocycles. The summed E-state index contributed by atoms with van der Waals surface area (Å²) in [5, 5.41) is 0. The van der Waals surface area contributed by atoms with Gasteiger partial charge in [0.25, 0.3) is 7.82 Å². The van der Waals surface area contributed by atoms with Gasteiger partial charge >= 0.3 is 11.9 Å². The van der Waals surface area contributed by atoms with Crippen molar-refractivity contribution in [3.8, 4) is 0 Å². The number of quaternary nitrogens is 1. The number of ether oxygens (including phenoxy) is 3. The predicted octanol–water partition coefficient (Wildman–Crippen LogP) is 11.0. The molecule has 1 saturated heterocycles. The highest BCUT2D eigenvalue weighted by Gasteiger charge is 2.36. The lowest BCUT2D eigenvalue weighted by atomic mass is 10.1. The number of nitrogens with zero attached hydrogens (tertiary/aromatic N) is 1. The number of hydrogen-bond donors (Lipinski definition) is 0. The highest BCUT2D eigenvalue weighted by Crippen LogP contribution is 2.38. The summed E-state index contributed by atoms with van der Waals surface area (Å²) in [4.78, 5) is 37.6. The van der Waals surface area contributed by atoms with E-state index in [0.717, 1.165) is 51.4 Å². The third-order valence-electron chi connectivity index (χ3n) is 9.72. The minimum absolute atomic E-state index is 0.0461. The van der Waals surface area contributed by atoms with Gasteiger partial charge in [-0.15, -0.1) is 0 Å². The Morgan fingerprint density at radius 2 is 1.12 bits per heavy atom. The summed E-state index contributed by atoms with van der Waals surface area (Å²) in [5.74, 6) is -0.915. The molecule has 1 rings (SSSR count). The first-order valence-electron chi connectivity index (χ1n) is 22.5. The number of epoxide rings is 1. The van der Waals surface area contributed by atoms with Crippen molar-refractivity contribution in [3.05, 3.63) is 48.6 Å². The van der Waals surface area contributed by atoms with Crippen molar-refractivity contribution in [3.63, 3.8) is 0 Å². The largest absolute Gasteiger partial charge is 0.756 e. The minimum Gasteiger partial charge on any atom is -0.756 e. The van der Waals surface area contributed by atoms with Crippen molar-refractivity contribution in [2.45, 2.75) is 186 Å². The zero-order valence-electron chi connectivity index (χ0n) is 36.7. The third-order valence-corrected chi connectivity index (χ3v) is 10.7. The average Bonchev–Trinajstić information content (AvgIpc) is 3.92. The van der Waals surface area contributed by atoms with Crippen LogP contribution in [0.5, 0.6) is 0 Å². The molecule has 0 saturated carbocycles. The van der Waals surface area contributed by atoms with E-state index >= 15 is 0 Å². The Morgan fingerprint density at radius 1 is 0.632 bits per heavy atom. The molecule has 0 amide bonds. The monoisotopic (exact) mass is 824 g/mol. The Bertz CT molecular complexity index is 1180. The van der Waals surface area contributed by atoms with Crippen molar-refractivity contribution < 1.29 is 46.8 Å². The van der Waals surface area contributed by atoms with Gasteiger partial charge in [-0.1, -0.05) is 127 Å². The summed E-state index contributed by atoms with van der Waals surface area (Å²) in [7, 11) is 1.11. The van der Waals surface area contributed by atoms with Crippen LogP contribution in [0, 0.1) is 0 Å². The van der Waals surface area contributed by atoms with Crippen LogP contribution >= 0.6 is 7.82 Å². The van der Waals surface area contributed by atoms with E-state index in [0.29, 0.717) is 30.3 Å². The standard InChI is InChI=1S/C46H82NO9P/c1-6-8-10-12-14-16-17-18-19-20-21-23-25-27-32-36-45(48)52-40-42(41-54-57(50,51)53-39-38-47(3,4)5)55-46(49)37-33-29-28-31-35-44-43(56-44)34-30-26-24-22-15-13-11-9-7-2/h15-17,22,26,28,30-31,42-44H,6-14,18-21,23-25,27,29,32-41H2,1-5H3/b17-16-,22-15-,30-26-,31-28-/t42-,43?,44?/m1/s1. The molecular weight excluding hydrogens is 741 g/mol. The highest BCUT2D eigenvalue weighted by molar-refractivity contribution is 7.45. The second-order valence-electron chi connectivity index (χ2n) is 16.4. The maximum Gasteiger partial charge on any atom is 0.306 e. The SMILES string of the molecule is CCCCC/C=C\C/C=C\CC1OC1C/C=C\CCCC(=O)O[C@H](COC(=O)CCCCCCCCC/C=C\CCCCCC)COP(=O)([O-])OCC[N+](C)(C)C. The molecule has 11 heteroatoms. The number of rotatable bonds is 39. The fraction of sp³-hybridized carbons (Fsp3) is 0.783. The normalized spacial score (nSPS) is 17.6. The molecule has 10 nitrogen and oxygen atoms in total. The van der Waals surface area contributed by atoms with Gasteiger partial charge in [0.1, 0.15) is 19.8 Å². The molecule has 0 spiro atoms. The van der Waals surface area contributed by atoms with E-state index in [1.807, 2.05) is 27.2 Å². The van der Waals surface area contributed by atoms with E-state index in [1.54, 1.807) is 0 Å². The van der Waals surface area contributed by atoms with Crippen molar-refractivity contribution >= 4 is 19.8 Å². The maximum absolute atomic E-state index is 12.7. The summed E-state index contributed by atoms with van der Waals surface area (Å²) >= 11 is 0. The van der Waals surface area contributed by atoms with E-state index in [2.05, 4.69) is 56.4 Å². The molecular formula is C46H82NO9P. The molecule has 57 heavy (non-hydrogen) atoms. The number of phosphoric ester groups is 1. The molecule has 0 aromatic heterocycles. The molecule has 0 N–H and O–H groups in total. The lowest BCUT2D eigenvalue weighted by Crippen LogP contribution is -2.37. The van der Waals surface area contributed by atoms with Crippen LogP contribution in [0.2, 0.25) is 0 Å². The summed E-state index contributed by atoms with van der Waals surface area (Å²) in [6.45, 7) is 4.09. The number of allylic oxidation sites excluding steroid dienone is 6. The van der Waals surface area contributed by atoms with Gasteiger partial charge in [-0.25, -0.2) is 0 Å². The maximum atomic E-state index is 12.7. The fourth-order valence-electron chi connectivity index (χ4n) is 6.03. The molecule has 0 aliphatic carbocycles. The van der Waals surface area contributed by atoms with Crippen molar-refractivity contribution in [2.75, 3.05) is 47.5 Å². The number of carbonyl (C=O) groups excluding carboxylic acids is 2. The topological polar surface area (TPSA) is 124 Å². The zero-order valence-corrected chi connectivity index (χ0v) is 37.6. The van der Waals surface area contributed by atoms with Crippen LogP contribution in [0.1, 0.15) is 168 Å². The average molecular weight is 824 g/mol. The molecule has 1 aliphatic rings. The summed E-state index contributed by atoms with van der Waals surface area (Å²) in [5.41, 5.74) is 0. The molecule has 0 aromatic rings. The first-order valence-corrected chi connectivity index (χ1v) is 23.9. The molecule has 0 aromatic carbocycles. The van der Waals surface area contributed by atoms with Gasteiger partial charge in [0.2, 0.25) is 0 Å². The third kappa shape index (κ3) is 35.6. The number of phosphoric acid groups is 1. The Labute approximate surface area is 348 Å². The highest BCUT2D eigenvalue weighted by atomic mass is 31.2. The molecule has 3 unspecified atom stereocenters. The van der Waals surface area contributed by atoms with E-state index < -0.39 is 32.5 Å². The van der Waals surface area contributed by atoms with Gasteiger partial charge in [-0.2, -0.15) is 0 Å². The van der Waals surface area contributed by atoms with Crippen LogP contribution in [0.15, 0.2) is 48.6 Å². The zero-order chi connectivity index (χ0) is 41.9. The van der Waals surface area contributed by atoms with Crippen molar-refractivity contribution in [1.82, 2.24) is 0 Å². The van der Waals surface area contributed by atoms with E-state index in [4.69, 9.17) is 23.3 Å². The van der Waals surface area contributed by atoms with Crippen LogP contribution < -0.4 is 4.89 Å². The molecule has 330 valence electrons. The molecule has 1 aliphatic heterocycles. The number of esters is 2. The first kappa shape index (κ1) is 52.9. The summed E-state index contributed by atoms with van der Waals surface area (Å²) in [6, 6.07) is 0. The Morgan fingerprint density at radius 3 is 1.77 bits per heavy atom. The predicted molar refractivity (Wildman–Crippen MR) is 231 cm³/mol. The van der Waals surface area contributed by atoms with Crippen LogP contribution in [0.25, 0.3) is 0 Å². The van der Waals surface area contributed by atoms with Crippen LogP contribution in [0.4, 0.5) is 0 Å². The van der Waals surface area contributed by atoms with E-state index in [-0.39, 0.29) is 38.3 Å². The Balaban J connectivity index is 2.33. The number of hydrogen-bond acceptors (Lipinski definition) is 9. The number of carbonyl (C=O) groups is 2. The molecule has 0 radical (unpaired) electrons.